The summed E-state index contributed by atoms with van der Waals surface area (Å²) in [7, 11) is 5.18. The maximum Gasteiger partial charge on any atom is 0.204 e. The molecule has 0 saturated carbocycles. The van der Waals surface area contributed by atoms with Crippen LogP contribution in [0.25, 0.3) is 11.4 Å². The van der Waals surface area contributed by atoms with E-state index in [4.69, 9.17) is 9.47 Å². The summed E-state index contributed by atoms with van der Waals surface area (Å²) in [6.07, 6.45) is 0. The van der Waals surface area contributed by atoms with Crippen LogP contribution in [0.3, 0.4) is 0 Å². The zero-order valence-corrected chi connectivity index (χ0v) is 14.9. The van der Waals surface area contributed by atoms with Crippen LogP contribution in [0.4, 0.5) is 4.39 Å². The molecule has 0 aliphatic heterocycles. The lowest BCUT2D eigenvalue weighted by Gasteiger charge is -2.16. The number of benzene rings is 2. The molecule has 0 aliphatic rings. The van der Waals surface area contributed by atoms with Gasteiger partial charge in [0.15, 0.2) is 11.5 Å². The fraction of sp³-hybridized carbons (Fsp3) is 0.278. The van der Waals surface area contributed by atoms with Gasteiger partial charge in [-0.2, -0.15) is 0 Å². The molecular formula is C18H20FN5O2. The number of rotatable bonds is 7. The SMILES string of the molecule is COc1ccc(CN(C)Cn2nnc(-c3ccc(F)cc3)n2)cc1OC. The Balaban J connectivity index is 1.65. The van der Waals surface area contributed by atoms with E-state index in [9.17, 15) is 4.39 Å². The molecule has 0 radical (unpaired) electrons. The molecule has 1 heterocycles. The Bertz CT molecular complexity index is 866. The number of hydrogen-bond donors (Lipinski definition) is 0. The predicted molar refractivity (Wildman–Crippen MR) is 94.2 cm³/mol. The molecule has 2 aromatic carbocycles. The molecule has 3 aromatic rings. The van der Waals surface area contributed by atoms with Crippen molar-refractivity contribution >= 4 is 0 Å². The molecule has 0 spiro atoms. The normalized spacial score (nSPS) is 11.0. The van der Waals surface area contributed by atoms with E-state index in [1.807, 2.05) is 30.1 Å². The molecule has 26 heavy (non-hydrogen) atoms. The summed E-state index contributed by atoms with van der Waals surface area (Å²) in [4.78, 5) is 3.54. The third kappa shape index (κ3) is 4.15. The third-order valence-electron chi connectivity index (χ3n) is 3.82. The monoisotopic (exact) mass is 357 g/mol. The maximum atomic E-state index is 13.0. The van der Waals surface area contributed by atoms with Gasteiger partial charge in [-0.3, -0.25) is 4.90 Å². The van der Waals surface area contributed by atoms with Crippen molar-refractivity contribution in [1.82, 2.24) is 25.1 Å². The number of halogens is 1. The average Bonchev–Trinajstić information content (AvgIpc) is 3.10. The lowest BCUT2D eigenvalue weighted by molar-refractivity contribution is 0.227. The van der Waals surface area contributed by atoms with Crippen molar-refractivity contribution < 1.29 is 13.9 Å². The Morgan fingerprint density at radius 1 is 1.04 bits per heavy atom. The standard InChI is InChI=1S/C18H20FN5O2/c1-23(11-13-4-9-16(25-2)17(10-13)26-3)12-24-21-18(20-22-24)14-5-7-15(19)8-6-14/h4-10H,11-12H2,1-3H3. The Morgan fingerprint density at radius 2 is 1.77 bits per heavy atom. The smallest absolute Gasteiger partial charge is 0.204 e. The number of ether oxygens (including phenoxy) is 2. The first-order valence-corrected chi connectivity index (χ1v) is 8.02. The third-order valence-corrected chi connectivity index (χ3v) is 3.82. The summed E-state index contributed by atoms with van der Waals surface area (Å²) in [5, 5.41) is 12.4. The summed E-state index contributed by atoms with van der Waals surface area (Å²) in [6.45, 7) is 1.14. The van der Waals surface area contributed by atoms with E-state index >= 15 is 0 Å². The highest BCUT2D eigenvalue weighted by Gasteiger charge is 2.10. The van der Waals surface area contributed by atoms with E-state index in [1.54, 1.807) is 26.4 Å². The van der Waals surface area contributed by atoms with Gasteiger partial charge in [-0.15, -0.1) is 15.0 Å². The zero-order chi connectivity index (χ0) is 18.5. The average molecular weight is 357 g/mol. The molecule has 0 N–H and O–H groups in total. The van der Waals surface area contributed by atoms with Crippen LogP contribution in [0.2, 0.25) is 0 Å². The van der Waals surface area contributed by atoms with Crippen molar-refractivity contribution in [2.75, 3.05) is 21.3 Å². The lowest BCUT2D eigenvalue weighted by Crippen LogP contribution is -2.23. The predicted octanol–water partition coefficient (Wildman–Crippen LogP) is 2.59. The lowest BCUT2D eigenvalue weighted by atomic mass is 10.2. The second-order valence-electron chi connectivity index (χ2n) is 5.84. The summed E-state index contributed by atoms with van der Waals surface area (Å²) in [5.41, 5.74) is 1.80. The van der Waals surface area contributed by atoms with Crippen molar-refractivity contribution in [3.63, 3.8) is 0 Å². The highest BCUT2D eigenvalue weighted by molar-refractivity contribution is 5.53. The highest BCUT2D eigenvalue weighted by atomic mass is 19.1. The minimum Gasteiger partial charge on any atom is -0.493 e. The second kappa shape index (κ2) is 7.92. The van der Waals surface area contributed by atoms with Gasteiger partial charge >= 0.3 is 0 Å². The van der Waals surface area contributed by atoms with Crippen LogP contribution >= 0.6 is 0 Å². The fourth-order valence-corrected chi connectivity index (χ4v) is 2.57. The second-order valence-corrected chi connectivity index (χ2v) is 5.84. The van der Waals surface area contributed by atoms with Crippen LogP contribution in [0.5, 0.6) is 11.5 Å². The van der Waals surface area contributed by atoms with Crippen LogP contribution < -0.4 is 9.47 Å². The Hall–Kier alpha value is -3.00. The summed E-state index contributed by atoms with van der Waals surface area (Å²) >= 11 is 0. The first-order valence-electron chi connectivity index (χ1n) is 8.02. The van der Waals surface area contributed by atoms with Gasteiger partial charge in [0.1, 0.15) is 12.5 Å². The largest absolute Gasteiger partial charge is 0.493 e. The number of nitrogens with zero attached hydrogens (tertiary/aromatic N) is 5. The van der Waals surface area contributed by atoms with Gasteiger partial charge in [-0.25, -0.2) is 4.39 Å². The van der Waals surface area contributed by atoms with Crippen LogP contribution in [-0.4, -0.2) is 46.4 Å². The molecule has 0 saturated heterocycles. The van der Waals surface area contributed by atoms with Gasteiger partial charge in [0.25, 0.3) is 0 Å². The summed E-state index contributed by atoms with van der Waals surface area (Å²) in [6, 6.07) is 11.8. The molecule has 0 bridgehead atoms. The Kier molecular flexibility index (Phi) is 5.43. The van der Waals surface area contributed by atoms with Crippen LogP contribution in [0, 0.1) is 5.82 Å². The summed E-state index contributed by atoms with van der Waals surface area (Å²) in [5.74, 6) is 1.55. The molecule has 0 aliphatic carbocycles. The van der Waals surface area contributed by atoms with Crippen molar-refractivity contribution in [3.8, 4) is 22.9 Å². The number of methoxy groups -OCH3 is 2. The van der Waals surface area contributed by atoms with E-state index in [1.165, 1.54) is 16.9 Å². The maximum absolute atomic E-state index is 13.0. The highest BCUT2D eigenvalue weighted by Crippen LogP contribution is 2.27. The zero-order valence-electron chi connectivity index (χ0n) is 14.9. The summed E-state index contributed by atoms with van der Waals surface area (Å²) < 4.78 is 23.6. The number of hydrogen-bond acceptors (Lipinski definition) is 6. The van der Waals surface area contributed by atoms with Gasteiger partial charge in [-0.1, -0.05) is 6.07 Å². The minimum atomic E-state index is -0.296. The van der Waals surface area contributed by atoms with Crippen LogP contribution in [-0.2, 0) is 13.2 Å². The van der Waals surface area contributed by atoms with Gasteiger partial charge in [-0.05, 0) is 54.2 Å². The minimum absolute atomic E-state index is 0.296. The fourth-order valence-electron chi connectivity index (χ4n) is 2.57. The van der Waals surface area contributed by atoms with Gasteiger partial charge in [0.2, 0.25) is 5.82 Å². The van der Waals surface area contributed by atoms with Gasteiger partial charge in [0.05, 0.1) is 14.2 Å². The Morgan fingerprint density at radius 3 is 2.46 bits per heavy atom. The first kappa shape index (κ1) is 17.8. The van der Waals surface area contributed by atoms with Crippen molar-refractivity contribution in [2.45, 2.75) is 13.2 Å². The van der Waals surface area contributed by atoms with E-state index in [2.05, 4.69) is 15.4 Å². The van der Waals surface area contributed by atoms with Crippen LogP contribution in [0.1, 0.15) is 5.56 Å². The number of tetrazole rings is 1. The van der Waals surface area contributed by atoms with E-state index in [-0.39, 0.29) is 5.82 Å². The van der Waals surface area contributed by atoms with Crippen molar-refractivity contribution in [2.24, 2.45) is 0 Å². The van der Waals surface area contributed by atoms with E-state index < -0.39 is 0 Å². The van der Waals surface area contributed by atoms with Crippen LogP contribution in [0.15, 0.2) is 42.5 Å². The Labute approximate surface area is 151 Å². The first-order chi connectivity index (χ1) is 12.6. The number of aromatic nitrogens is 4. The molecule has 7 nitrogen and oxygen atoms in total. The molecule has 0 fully saturated rings. The topological polar surface area (TPSA) is 65.3 Å². The van der Waals surface area contributed by atoms with Gasteiger partial charge < -0.3 is 9.47 Å². The molecule has 136 valence electrons. The van der Waals surface area contributed by atoms with Crippen molar-refractivity contribution in [1.29, 1.82) is 0 Å². The molecule has 0 atom stereocenters. The van der Waals surface area contributed by atoms with E-state index in [0.717, 1.165) is 11.1 Å². The quantitative estimate of drug-likeness (QED) is 0.648. The molecule has 0 amide bonds. The van der Waals surface area contributed by atoms with Gasteiger partial charge in [0, 0.05) is 12.1 Å². The molecule has 0 unspecified atom stereocenters. The van der Waals surface area contributed by atoms with E-state index in [0.29, 0.717) is 30.5 Å². The molecular weight excluding hydrogens is 337 g/mol. The molecule has 3 rings (SSSR count). The van der Waals surface area contributed by atoms with Crippen molar-refractivity contribution in [3.05, 3.63) is 53.8 Å². The molecule has 1 aromatic heterocycles. The molecule has 8 heteroatoms.